The summed E-state index contributed by atoms with van der Waals surface area (Å²) in [6.07, 6.45) is 3.79. The third kappa shape index (κ3) is 3.16. The zero-order valence-electron chi connectivity index (χ0n) is 17.6. The average Bonchev–Trinajstić information content (AvgIpc) is 3.23. The van der Waals surface area contributed by atoms with Crippen molar-refractivity contribution in [3.63, 3.8) is 0 Å². The van der Waals surface area contributed by atoms with Gasteiger partial charge in [0.05, 0.1) is 0 Å². The van der Waals surface area contributed by atoms with Gasteiger partial charge in [-0.2, -0.15) is 15.8 Å². The average molecular weight is 404 g/mol. The highest BCUT2D eigenvalue weighted by atomic mass is 16.5. The molecule has 0 spiro atoms. The Balaban J connectivity index is 1.85. The van der Waals surface area contributed by atoms with Crippen molar-refractivity contribution in [1.82, 2.24) is 4.57 Å². The molecule has 0 saturated heterocycles. The summed E-state index contributed by atoms with van der Waals surface area (Å²) >= 11 is 0. The number of nitriles is 3. The van der Waals surface area contributed by atoms with Crippen LogP contribution in [0.15, 0.2) is 71.0 Å². The van der Waals surface area contributed by atoms with Crippen LogP contribution in [-0.4, -0.2) is 10.2 Å². The van der Waals surface area contributed by atoms with Crippen LogP contribution in [0, 0.1) is 34.0 Å². The lowest BCUT2D eigenvalue weighted by Crippen LogP contribution is -2.20. The van der Waals surface area contributed by atoms with Crippen LogP contribution < -0.4 is 0 Å². The van der Waals surface area contributed by atoms with Gasteiger partial charge < -0.3 is 9.30 Å². The minimum atomic E-state index is -0.821. The van der Waals surface area contributed by atoms with Crippen molar-refractivity contribution in [1.29, 1.82) is 15.8 Å². The second-order valence-corrected chi connectivity index (χ2v) is 7.81. The molecule has 0 atom stereocenters. The molecule has 150 valence electrons. The van der Waals surface area contributed by atoms with Gasteiger partial charge >= 0.3 is 0 Å². The molecule has 2 aromatic carbocycles. The van der Waals surface area contributed by atoms with Crippen LogP contribution in [0.5, 0.6) is 0 Å². The number of para-hydroxylation sites is 1. The van der Waals surface area contributed by atoms with E-state index in [9.17, 15) is 15.8 Å². The Bertz CT molecular complexity index is 1430. The summed E-state index contributed by atoms with van der Waals surface area (Å²) in [6.45, 7) is 6.67. The molecule has 0 saturated carbocycles. The molecule has 1 aliphatic heterocycles. The fourth-order valence-corrected chi connectivity index (χ4v) is 4.18. The van der Waals surface area contributed by atoms with Crippen LogP contribution in [0.3, 0.4) is 0 Å². The molecule has 5 heteroatoms. The van der Waals surface area contributed by atoms with Crippen molar-refractivity contribution in [3.05, 3.63) is 76.6 Å². The van der Waals surface area contributed by atoms with E-state index in [0.717, 1.165) is 12.1 Å². The summed E-state index contributed by atoms with van der Waals surface area (Å²) < 4.78 is 8.12. The summed E-state index contributed by atoms with van der Waals surface area (Å²) in [5.74, 6) is 0.0543. The van der Waals surface area contributed by atoms with E-state index < -0.39 is 5.60 Å². The SMILES string of the molecule is CCn1c2ccccc2c2cc(/C=C/C3=C(C#N)C(=C(C#N)C#N)OC3(C)C)ccc21. The Kier molecular flexibility index (Phi) is 4.86. The number of aromatic nitrogens is 1. The van der Waals surface area contributed by atoms with Crippen molar-refractivity contribution in [3.8, 4) is 18.2 Å². The maximum absolute atomic E-state index is 9.69. The minimum Gasteiger partial charge on any atom is -0.480 e. The van der Waals surface area contributed by atoms with Gasteiger partial charge in [0.1, 0.15) is 29.4 Å². The van der Waals surface area contributed by atoms with E-state index in [4.69, 9.17) is 4.74 Å². The predicted octanol–water partition coefficient (Wildman–Crippen LogP) is 5.76. The molecule has 1 aromatic heterocycles. The number of rotatable bonds is 3. The largest absolute Gasteiger partial charge is 0.480 e. The highest BCUT2D eigenvalue weighted by Gasteiger charge is 2.38. The normalized spacial score (nSPS) is 15.2. The van der Waals surface area contributed by atoms with Gasteiger partial charge in [0.15, 0.2) is 11.3 Å². The summed E-state index contributed by atoms with van der Waals surface area (Å²) in [5, 5.41) is 30.5. The Hall–Kier alpha value is -4.27. The summed E-state index contributed by atoms with van der Waals surface area (Å²) in [4.78, 5) is 0. The molecule has 0 amide bonds. The molecule has 0 N–H and O–H groups in total. The number of hydrogen-bond donors (Lipinski definition) is 0. The Morgan fingerprint density at radius 1 is 1.00 bits per heavy atom. The number of nitrogens with zero attached hydrogens (tertiary/aromatic N) is 4. The first-order valence-electron chi connectivity index (χ1n) is 10.0. The molecule has 0 aliphatic carbocycles. The van der Waals surface area contributed by atoms with E-state index in [2.05, 4.69) is 41.8 Å². The monoisotopic (exact) mass is 404 g/mol. The highest BCUT2D eigenvalue weighted by molar-refractivity contribution is 6.08. The van der Waals surface area contributed by atoms with E-state index in [1.54, 1.807) is 0 Å². The summed E-state index contributed by atoms with van der Waals surface area (Å²) in [6, 6.07) is 20.4. The predicted molar refractivity (Wildman–Crippen MR) is 120 cm³/mol. The molecular formula is C26H20N4O. The van der Waals surface area contributed by atoms with Crippen LogP contribution in [0.25, 0.3) is 27.9 Å². The van der Waals surface area contributed by atoms with E-state index in [-0.39, 0.29) is 16.9 Å². The first kappa shape index (κ1) is 20.0. The minimum absolute atomic E-state index is 0.0543. The van der Waals surface area contributed by atoms with Gasteiger partial charge in [0.2, 0.25) is 0 Å². The van der Waals surface area contributed by atoms with Crippen molar-refractivity contribution in [2.45, 2.75) is 32.9 Å². The number of benzene rings is 2. The number of allylic oxidation sites excluding steroid dienone is 2. The molecule has 0 bridgehead atoms. The highest BCUT2D eigenvalue weighted by Crippen LogP contribution is 2.40. The molecular weight excluding hydrogens is 384 g/mol. The van der Waals surface area contributed by atoms with Crippen molar-refractivity contribution in [2.24, 2.45) is 0 Å². The van der Waals surface area contributed by atoms with Gasteiger partial charge in [0.25, 0.3) is 0 Å². The van der Waals surface area contributed by atoms with E-state index in [1.165, 1.54) is 21.8 Å². The van der Waals surface area contributed by atoms with Gasteiger partial charge in [0, 0.05) is 33.9 Å². The summed E-state index contributed by atoms with van der Waals surface area (Å²) in [7, 11) is 0. The lowest BCUT2D eigenvalue weighted by molar-refractivity contribution is 0.0954. The van der Waals surface area contributed by atoms with E-state index >= 15 is 0 Å². The number of aryl methyl sites for hydroxylation is 1. The number of fused-ring (bicyclic) bond motifs is 3. The molecule has 0 unspecified atom stereocenters. The fraction of sp³-hybridized carbons (Fsp3) is 0.192. The van der Waals surface area contributed by atoms with Gasteiger partial charge in [-0.15, -0.1) is 0 Å². The quantitative estimate of drug-likeness (QED) is 0.520. The maximum Gasteiger partial charge on any atom is 0.172 e. The first-order chi connectivity index (χ1) is 14.9. The van der Waals surface area contributed by atoms with E-state index in [1.807, 2.05) is 56.3 Å². The van der Waals surface area contributed by atoms with Gasteiger partial charge in [-0.05, 0) is 44.5 Å². The smallest absolute Gasteiger partial charge is 0.172 e. The van der Waals surface area contributed by atoms with Gasteiger partial charge in [-0.1, -0.05) is 36.4 Å². The number of hydrogen-bond acceptors (Lipinski definition) is 4. The molecule has 3 aromatic rings. The lowest BCUT2D eigenvalue weighted by atomic mass is 9.94. The van der Waals surface area contributed by atoms with Crippen LogP contribution in [-0.2, 0) is 11.3 Å². The van der Waals surface area contributed by atoms with Crippen LogP contribution >= 0.6 is 0 Å². The van der Waals surface area contributed by atoms with Crippen molar-refractivity contribution < 1.29 is 4.74 Å². The van der Waals surface area contributed by atoms with Crippen LogP contribution in [0.4, 0.5) is 0 Å². The zero-order valence-corrected chi connectivity index (χ0v) is 17.6. The zero-order chi connectivity index (χ0) is 22.2. The lowest BCUT2D eigenvalue weighted by Gasteiger charge is -2.20. The second kappa shape index (κ2) is 7.52. The molecule has 5 nitrogen and oxygen atoms in total. The molecule has 31 heavy (non-hydrogen) atoms. The molecule has 0 fully saturated rings. The first-order valence-corrected chi connectivity index (χ1v) is 10.0. The molecule has 4 rings (SSSR count). The third-order valence-electron chi connectivity index (χ3n) is 5.62. The third-order valence-corrected chi connectivity index (χ3v) is 5.62. The van der Waals surface area contributed by atoms with Crippen LogP contribution in [0.2, 0.25) is 0 Å². The Labute approximate surface area is 181 Å². The van der Waals surface area contributed by atoms with Crippen molar-refractivity contribution >= 4 is 27.9 Å². The van der Waals surface area contributed by atoms with Gasteiger partial charge in [-0.25, -0.2) is 0 Å². The molecule has 2 heterocycles. The topological polar surface area (TPSA) is 85.5 Å². The second-order valence-electron chi connectivity index (χ2n) is 7.81. The Morgan fingerprint density at radius 2 is 1.71 bits per heavy atom. The van der Waals surface area contributed by atoms with E-state index in [0.29, 0.717) is 5.57 Å². The molecule has 1 aliphatic rings. The van der Waals surface area contributed by atoms with Gasteiger partial charge in [-0.3, -0.25) is 0 Å². The standard InChI is InChI=1S/C26H20N4O/c1-4-30-23-8-6-5-7-19(23)20-13-17(10-12-24(20)30)9-11-22-21(16-29)25(18(14-27)15-28)31-26(22,2)3/h5-13H,4H2,1-3H3/b11-9+. The fourth-order valence-electron chi connectivity index (χ4n) is 4.18. The Morgan fingerprint density at radius 3 is 2.39 bits per heavy atom. The van der Waals surface area contributed by atoms with Crippen molar-refractivity contribution in [2.75, 3.05) is 0 Å². The molecule has 0 radical (unpaired) electrons. The maximum atomic E-state index is 9.69. The van der Waals surface area contributed by atoms with Crippen LogP contribution in [0.1, 0.15) is 26.3 Å². The summed E-state index contributed by atoms with van der Waals surface area (Å²) in [5.41, 5.74) is 3.23. The number of ether oxygens (including phenoxy) is 1.